The highest BCUT2D eigenvalue weighted by Crippen LogP contribution is 2.31. The Hall–Kier alpha value is -1.39. The summed E-state index contributed by atoms with van der Waals surface area (Å²) in [5.41, 5.74) is 3.21. The summed E-state index contributed by atoms with van der Waals surface area (Å²) in [6.07, 6.45) is 2.35. The molecular weight excluding hydrogens is 342 g/mol. The lowest BCUT2D eigenvalue weighted by atomic mass is 10.00. The molecule has 2 aromatic rings. The average Bonchev–Trinajstić information content (AvgIpc) is 2.56. The van der Waals surface area contributed by atoms with Crippen molar-refractivity contribution in [3.63, 3.8) is 0 Å². The molecule has 0 N–H and O–H groups in total. The van der Waals surface area contributed by atoms with Crippen LogP contribution in [-0.2, 0) is 0 Å². The van der Waals surface area contributed by atoms with Crippen LogP contribution in [0.3, 0.4) is 0 Å². The lowest BCUT2D eigenvalue weighted by molar-refractivity contribution is 0.109. The van der Waals surface area contributed by atoms with Crippen molar-refractivity contribution in [1.29, 1.82) is 0 Å². The van der Waals surface area contributed by atoms with E-state index in [4.69, 9.17) is 0 Å². The number of carbonyl (C=O) groups excluding carboxylic acids is 1. The zero-order valence-corrected chi connectivity index (χ0v) is 15.3. The largest absolute Gasteiger partial charge is 0.282 e. The van der Waals surface area contributed by atoms with E-state index in [1.807, 2.05) is 36.4 Å². The zero-order valence-electron chi connectivity index (χ0n) is 12.8. The van der Waals surface area contributed by atoms with Crippen LogP contribution in [0.1, 0.15) is 30.1 Å². The van der Waals surface area contributed by atoms with Gasteiger partial charge in [0.15, 0.2) is 0 Å². The van der Waals surface area contributed by atoms with Gasteiger partial charge in [-0.2, -0.15) is 4.99 Å². The number of benzene rings is 2. The third-order valence-electron chi connectivity index (χ3n) is 3.34. The van der Waals surface area contributed by atoms with Crippen molar-refractivity contribution in [3.05, 3.63) is 48.0 Å². The molecule has 0 spiro atoms. The van der Waals surface area contributed by atoms with Gasteiger partial charge in [-0.25, -0.2) is 0 Å². The number of aliphatic imine (C=N–C) groups is 1. The fourth-order valence-corrected chi connectivity index (χ4v) is 3.48. The number of hydrogen-bond donors (Lipinski definition) is 1. The van der Waals surface area contributed by atoms with Gasteiger partial charge >= 0.3 is 0 Å². The number of unbranched alkanes of at least 4 members (excludes halogenated alkanes) is 1. The van der Waals surface area contributed by atoms with Gasteiger partial charge in [0, 0.05) is 10.5 Å². The van der Waals surface area contributed by atoms with E-state index in [0.29, 0.717) is 5.56 Å². The summed E-state index contributed by atoms with van der Waals surface area (Å²) in [7, 11) is 0. The molecule has 0 aliphatic carbocycles. The summed E-state index contributed by atoms with van der Waals surface area (Å²) in [4.78, 5) is 16.9. The van der Waals surface area contributed by atoms with Crippen molar-refractivity contribution in [3.8, 4) is 11.1 Å². The summed E-state index contributed by atoms with van der Waals surface area (Å²) in [5.74, 6) is 1.08. The molecule has 5 heteroatoms. The van der Waals surface area contributed by atoms with E-state index in [1.54, 1.807) is 11.8 Å². The van der Waals surface area contributed by atoms with Gasteiger partial charge in [-0.05, 0) is 65.9 Å². The topological polar surface area (TPSA) is 29.4 Å². The second-order valence-corrected chi connectivity index (χ2v) is 6.72. The van der Waals surface area contributed by atoms with Gasteiger partial charge in [0.1, 0.15) is 0 Å². The Kier molecular flexibility index (Phi) is 7.06. The van der Waals surface area contributed by atoms with E-state index in [9.17, 15) is 4.79 Å². The Morgan fingerprint density at radius 2 is 2.00 bits per heavy atom. The maximum absolute atomic E-state index is 11.8. The van der Waals surface area contributed by atoms with E-state index < -0.39 is 0 Å². The minimum absolute atomic E-state index is 0.230. The van der Waals surface area contributed by atoms with Crippen molar-refractivity contribution >= 4 is 52.6 Å². The molecule has 0 radical (unpaired) electrons. The van der Waals surface area contributed by atoms with Crippen LogP contribution in [0.2, 0.25) is 0 Å². The van der Waals surface area contributed by atoms with E-state index in [0.717, 1.165) is 27.5 Å². The quantitative estimate of drug-likeness (QED) is 0.214. The number of rotatable bonds is 7. The summed E-state index contributed by atoms with van der Waals surface area (Å²) in [5, 5.41) is 2.12. The molecule has 0 saturated heterocycles. The summed E-state index contributed by atoms with van der Waals surface area (Å²) >= 11 is 10.4. The number of hydrogen-bond acceptors (Lipinski definition) is 4. The second-order valence-electron chi connectivity index (χ2n) is 4.96. The van der Waals surface area contributed by atoms with Crippen molar-refractivity contribution < 1.29 is 4.79 Å². The Labute approximate surface area is 151 Å². The predicted octanol–water partition coefficient (Wildman–Crippen LogP) is 6.05. The molecule has 0 aromatic heterocycles. The van der Waals surface area contributed by atoms with E-state index in [-0.39, 0.29) is 5.12 Å². The molecule has 0 atom stereocenters. The predicted molar refractivity (Wildman–Crippen MR) is 106 cm³/mol. The van der Waals surface area contributed by atoms with E-state index >= 15 is 0 Å². The first kappa shape index (κ1) is 18.0. The molecule has 0 aliphatic heterocycles. The van der Waals surface area contributed by atoms with Gasteiger partial charge in [-0.3, -0.25) is 4.79 Å². The third-order valence-corrected chi connectivity index (χ3v) is 4.75. The van der Waals surface area contributed by atoms with Crippen LogP contribution in [0.25, 0.3) is 11.1 Å². The highest BCUT2D eigenvalue weighted by molar-refractivity contribution is 7.99. The van der Waals surface area contributed by atoms with Crippen LogP contribution in [0.5, 0.6) is 0 Å². The van der Waals surface area contributed by atoms with Crippen molar-refractivity contribution in [1.82, 2.24) is 0 Å². The number of isothiocyanates is 1. The van der Waals surface area contributed by atoms with Gasteiger partial charge in [-0.1, -0.05) is 25.5 Å². The molecule has 2 rings (SSSR count). The van der Waals surface area contributed by atoms with E-state index in [1.165, 1.54) is 12.8 Å². The smallest absolute Gasteiger partial charge is 0.216 e. The molecule has 0 fully saturated rings. The van der Waals surface area contributed by atoms with Gasteiger partial charge in [-0.15, -0.1) is 24.4 Å². The van der Waals surface area contributed by atoms with Crippen molar-refractivity contribution in [2.24, 2.45) is 4.99 Å². The molecule has 0 unspecified atom stereocenters. The first-order valence-electron chi connectivity index (χ1n) is 7.34. The number of nitrogens with zero attached hydrogens (tertiary/aromatic N) is 1. The maximum Gasteiger partial charge on any atom is 0.216 e. The van der Waals surface area contributed by atoms with E-state index in [2.05, 4.69) is 48.0 Å². The van der Waals surface area contributed by atoms with Crippen LogP contribution in [0, 0.1) is 0 Å². The summed E-state index contributed by atoms with van der Waals surface area (Å²) in [6.45, 7) is 2.18. The lowest BCUT2D eigenvalue weighted by Crippen LogP contribution is -1.94. The zero-order chi connectivity index (χ0) is 16.7. The Bertz CT molecular complexity index is 734. The molecule has 2 aromatic carbocycles. The first-order valence-corrected chi connectivity index (χ1v) is 9.18. The number of thioether (sulfide) groups is 1. The molecular formula is C18H17NOS3. The first-order chi connectivity index (χ1) is 11.2. The Morgan fingerprint density at radius 3 is 2.61 bits per heavy atom. The SMILES string of the molecule is CCCCSc1ccc(C(=O)S)c(-c2ccc(N=C=S)cc2)c1. The molecule has 0 saturated carbocycles. The highest BCUT2D eigenvalue weighted by Gasteiger charge is 2.11. The third kappa shape index (κ3) is 5.05. The summed E-state index contributed by atoms with van der Waals surface area (Å²) in [6, 6.07) is 13.5. The fraction of sp³-hybridized carbons (Fsp3) is 0.222. The number of carbonyl (C=O) groups is 1. The maximum atomic E-state index is 11.8. The van der Waals surface area contributed by atoms with Crippen molar-refractivity contribution in [2.75, 3.05) is 5.75 Å². The van der Waals surface area contributed by atoms with Crippen LogP contribution < -0.4 is 0 Å². The Balaban J connectivity index is 2.38. The monoisotopic (exact) mass is 359 g/mol. The van der Waals surface area contributed by atoms with Crippen LogP contribution in [0.15, 0.2) is 52.4 Å². The standard InChI is InChI=1S/C18H17NOS3/c1-2-3-10-23-15-8-9-16(18(20)22)17(11-15)13-4-6-14(7-5-13)19-12-21/h4-9,11H,2-3,10H2,1H3,(H,20,22). The van der Waals surface area contributed by atoms with Crippen LogP contribution in [-0.4, -0.2) is 16.0 Å². The van der Waals surface area contributed by atoms with Crippen molar-refractivity contribution in [2.45, 2.75) is 24.7 Å². The molecule has 118 valence electrons. The van der Waals surface area contributed by atoms with Gasteiger partial charge in [0.25, 0.3) is 0 Å². The van der Waals surface area contributed by atoms with Crippen LogP contribution >= 0.6 is 36.6 Å². The highest BCUT2D eigenvalue weighted by atomic mass is 32.2. The van der Waals surface area contributed by atoms with Gasteiger partial charge in [0.05, 0.1) is 10.8 Å². The molecule has 2 nitrogen and oxygen atoms in total. The average molecular weight is 360 g/mol. The van der Waals surface area contributed by atoms with Crippen LogP contribution in [0.4, 0.5) is 5.69 Å². The molecule has 0 amide bonds. The van der Waals surface area contributed by atoms with Gasteiger partial charge in [0.2, 0.25) is 5.12 Å². The Morgan fingerprint density at radius 1 is 1.26 bits per heavy atom. The minimum atomic E-state index is -0.230. The fourth-order valence-electron chi connectivity index (χ4n) is 2.14. The van der Waals surface area contributed by atoms with Gasteiger partial charge < -0.3 is 0 Å². The molecule has 23 heavy (non-hydrogen) atoms. The number of thiol groups is 1. The normalized spacial score (nSPS) is 10.2. The molecule has 0 heterocycles. The molecule has 0 bridgehead atoms. The minimum Gasteiger partial charge on any atom is -0.282 e. The molecule has 0 aliphatic rings. The second kappa shape index (κ2) is 9.04. The summed E-state index contributed by atoms with van der Waals surface area (Å²) < 4.78 is 0. The number of thiocarbonyl (C=S) groups is 1. The lowest BCUT2D eigenvalue weighted by Gasteiger charge is -2.10.